The van der Waals surface area contributed by atoms with Crippen molar-refractivity contribution in [3.05, 3.63) is 27.6 Å². The molecule has 5 heteroatoms. The Kier molecular flexibility index (Phi) is 5.76. The molecule has 0 saturated heterocycles. The highest BCUT2D eigenvalue weighted by molar-refractivity contribution is 14.1. The van der Waals surface area contributed by atoms with Crippen LogP contribution in [0.1, 0.15) is 12.0 Å². The monoisotopic (exact) mass is 324 g/mol. The van der Waals surface area contributed by atoms with Crippen LogP contribution >= 0.6 is 22.6 Å². The minimum Gasteiger partial charge on any atom is -0.598 e. The van der Waals surface area contributed by atoms with Gasteiger partial charge in [0.2, 0.25) is 0 Å². The maximum absolute atomic E-state index is 10.7. The Bertz CT molecular complexity index is 266. The SMILES string of the molecule is C[S+]([O-])NCCCc1ccc(I)nc1. The van der Waals surface area contributed by atoms with Crippen LogP contribution in [0.25, 0.3) is 0 Å². The van der Waals surface area contributed by atoms with Crippen LogP contribution in [0, 0.1) is 3.70 Å². The van der Waals surface area contributed by atoms with Gasteiger partial charge in [0.1, 0.15) is 9.96 Å². The molecule has 0 aliphatic rings. The van der Waals surface area contributed by atoms with Crippen LogP contribution in [0.3, 0.4) is 0 Å². The predicted molar refractivity (Wildman–Crippen MR) is 67.3 cm³/mol. The molecule has 78 valence electrons. The van der Waals surface area contributed by atoms with Crippen molar-refractivity contribution in [1.82, 2.24) is 9.71 Å². The molecule has 0 saturated carbocycles. The zero-order chi connectivity index (χ0) is 10.4. The number of hydrogen-bond acceptors (Lipinski definition) is 3. The minimum atomic E-state index is -0.894. The maximum atomic E-state index is 10.7. The van der Waals surface area contributed by atoms with Crippen molar-refractivity contribution in [3.8, 4) is 0 Å². The summed E-state index contributed by atoms with van der Waals surface area (Å²) in [4.78, 5) is 4.20. The first-order valence-electron chi connectivity index (χ1n) is 4.36. The van der Waals surface area contributed by atoms with E-state index in [9.17, 15) is 4.55 Å². The quantitative estimate of drug-likeness (QED) is 0.386. The first-order valence-corrected chi connectivity index (χ1v) is 6.99. The maximum Gasteiger partial charge on any atom is 0.115 e. The van der Waals surface area contributed by atoms with E-state index in [0.717, 1.165) is 23.1 Å². The van der Waals surface area contributed by atoms with E-state index in [1.807, 2.05) is 12.3 Å². The van der Waals surface area contributed by atoms with E-state index in [-0.39, 0.29) is 0 Å². The second kappa shape index (κ2) is 6.60. The van der Waals surface area contributed by atoms with Crippen molar-refractivity contribution in [3.63, 3.8) is 0 Å². The summed E-state index contributed by atoms with van der Waals surface area (Å²) in [6.07, 6.45) is 5.51. The van der Waals surface area contributed by atoms with Crippen LogP contribution in [0.5, 0.6) is 0 Å². The van der Waals surface area contributed by atoms with Gasteiger partial charge in [-0.3, -0.25) is 4.98 Å². The molecule has 1 N–H and O–H groups in total. The summed E-state index contributed by atoms with van der Waals surface area (Å²) in [5.41, 5.74) is 1.23. The Labute approximate surface area is 101 Å². The molecule has 0 aliphatic heterocycles. The van der Waals surface area contributed by atoms with E-state index in [0.29, 0.717) is 0 Å². The molecule has 1 aromatic heterocycles. The van der Waals surface area contributed by atoms with Gasteiger partial charge in [0.25, 0.3) is 0 Å². The Morgan fingerprint density at radius 2 is 2.36 bits per heavy atom. The molecule has 0 fully saturated rings. The van der Waals surface area contributed by atoms with Crippen molar-refractivity contribution in [1.29, 1.82) is 0 Å². The zero-order valence-electron chi connectivity index (χ0n) is 8.00. The number of aryl methyl sites for hydroxylation is 1. The Morgan fingerprint density at radius 3 is 2.93 bits per heavy atom. The van der Waals surface area contributed by atoms with E-state index in [4.69, 9.17) is 0 Å². The molecular formula is C9H13IN2OS. The van der Waals surface area contributed by atoms with Crippen LogP contribution in [-0.2, 0) is 17.8 Å². The van der Waals surface area contributed by atoms with Crippen molar-refractivity contribution < 1.29 is 4.55 Å². The molecule has 0 bridgehead atoms. The molecule has 0 radical (unpaired) electrons. The molecule has 0 aliphatic carbocycles. The molecule has 1 atom stereocenters. The molecular weight excluding hydrogens is 311 g/mol. The number of pyridine rings is 1. The lowest BCUT2D eigenvalue weighted by Crippen LogP contribution is -2.23. The Balaban J connectivity index is 2.21. The van der Waals surface area contributed by atoms with Crippen LogP contribution in [0.15, 0.2) is 18.3 Å². The normalized spacial score (nSPS) is 12.8. The number of hydrogen-bond donors (Lipinski definition) is 1. The minimum absolute atomic E-state index is 0.787. The lowest BCUT2D eigenvalue weighted by molar-refractivity contribution is 0.584. The van der Waals surface area contributed by atoms with E-state index in [1.165, 1.54) is 5.56 Å². The van der Waals surface area contributed by atoms with Crippen molar-refractivity contribution in [2.45, 2.75) is 12.8 Å². The summed E-state index contributed by atoms with van der Waals surface area (Å²) in [5.74, 6) is 0. The summed E-state index contributed by atoms with van der Waals surface area (Å²) in [6.45, 7) is 0.787. The second-order valence-electron chi connectivity index (χ2n) is 2.94. The fourth-order valence-electron chi connectivity index (χ4n) is 1.06. The lowest BCUT2D eigenvalue weighted by Gasteiger charge is -2.05. The summed E-state index contributed by atoms with van der Waals surface area (Å²) < 4.78 is 14.6. The molecule has 1 aromatic rings. The van der Waals surface area contributed by atoms with Crippen molar-refractivity contribution in [2.24, 2.45) is 0 Å². The van der Waals surface area contributed by atoms with Gasteiger partial charge >= 0.3 is 0 Å². The van der Waals surface area contributed by atoms with Gasteiger partial charge in [-0.05, 0) is 47.1 Å². The van der Waals surface area contributed by atoms with Crippen LogP contribution < -0.4 is 4.72 Å². The summed E-state index contributed by atoms with van der Waals surface area (Å²) in [7, 11) is 0. The number of nitrogens with zero attached hydrogens (tertiary/aromatic N) is 1. The van der Waals surface area contributed by atoms with E-state index in [2.05, 4.69) is 38.4 Å². The smallest absolute Gasteiger partial charge is 0.115 e. The van der Waals surface area contributed by atoms with Gasteiger partial charge in [0.05, 0.1) is 0 Å². The summed E-state index contributed by atoms with van der Waals surface area (Å²) in [5, 5.41) is 0. The van der Waals surface area contributed by atoms with Crippen LogP contribution in [0.2, 0.25) is 0 Å². The predicted octanol–water partition coefficient (Wildman–Crippen LogP) is 1.50. The first kappa shape index (κ1) is 12.2. The van der Waals surface area contributed by atoms with E-state index >= 15 is 0 Å². The third-order valence-electron chi connectivity index (χ3n) is 1.74. The number of rotatable bonds is 5. The highest BCUT2D eigenvalue weighted by Gasteiger charge is 1.97. The van der Waals surface area contributed by atoms with Crippen molar-refractivity contribution in [2.75, 3.05) is 12.8 Å². The van der Waals surface area contributed by atoms with Gasteiger partial charge < -0.3 is 4.55 Å². The Hall–Kier alpha value is 0.150. The van der Waals surface area contributed by atoms with Gasteiger partial charge in [-0.2, -0.15) is 0 Å². The zero-order valence-corrected chi connectivity index (χ0v) is 11.0. The topological polar surface area (TPSA) is 48.0 Å². The Morgan fingerprint density at radius 1 is 1.57 bits per heavy atom. The van der Waals surface area contributed by atoms with Crippen molar-refractivity contribution >= 4 is 34.0 Å². The molecule has 3 nitrogen and oxygen atoms in total. The number of aromatic nitrogens is 1. The highest BCUT2D eigenvalue weighted by atomic mass is 127. The summed E-state index contributed by atoms with van der Waals surface area (Å²) in [6, 6.07) is 4.08. The molecule has 1 heterocycles. The van der Waals surface area contributed by atoms with Gasteiger partial charge in [-0.25, -0.2) is 0 Å². The molecule has 0 spiro atoms. The van der Waals surface area contributed by atoms with Gasteiger partial charge in [-0.1, -0.05) is 6.07 Å². The largest absolute Gasteiger partial charge is 0.598 e. The van der Waals surface area contributed by atoms with Gasteiger partial charge in [0, 0.05) is 24.1 Å². The molecule has 0 amide bonds. The third-order valence-corrected chi connectivity index (χ3v) is 2.98. The lowest BCUT2D eigenvalue weighted by atomic mass is 10.2. The van der Waals surface area contributed by atoms with Gasteiger partial charge in [0.15, 0.2) is 0 Å². The molecule has 1 unspecified atom stereocenters. The molecule has 0 aromatic carbocycles. The average molecular weight is 324 g/mol. The average Bonchev–Trinajstić information content (AvgIpc) is 2.15. The number of nitrogens with one attached hydrogen (secondary N) is 1. The number of halogens is 1. The first-order chi connectivity index (χ1) is 6.68. The second-order valence-corrected chi connectivity index (χ2v) is 5.24. The van der Waals surface area contributed by atoms with Crippen LogP contribution in [0.4, 0.5) is 0 Å². The third kappa shape index (κ3) is 5.14. The molecule has 1 rings (SSSR count). The highest BCUT2D eigenvalue weighted by Crippen LogP contribution is 2.04. The van der Waals surface area contributed by atoms with E-state index in [1.54, 1.807) is 6.26 Å². The van der Waals surface area contributed by atoms with Crippen LogP contribution in [-0.4, -0.2) is 22.3 Å². The fourth-order valence-corrected chi connectivity index (χ4v) is 1.81. The van der Waals surface area contributed by atoms with Gasteiger partial charge in [-0.15, -0.1) is 4.72 Å². The fraction of sp³-hybridized carbons (Fsp3) is 0.444. The van der Waals surface area contributed by atoms with E-state index < -0.39 is 11.4 Å². The standard InChI is InChI=1S/C9H13IN2OS/c1-14(13)12-6-2-3-8-4-5-9(10)11-7-8/h4-5,7,12H,2-3,6H2,1H3. The molecule has 14 heavy (non-hydrogen) atoms. The summed E-state index contributed by atoms with van der Waals surface area (Å²) >= 11 is 1.29.